The molecule has 0 fully saturated rings. The summed E-state index contributed by atoms with van der Waals surface area (Å²) < 4.78 is 0. The molecule has 0 saturated carbocycles. The Hall–Kier alpha value is -3.77. The number of carbonyl (C=O) groups excluding carboxylic acids is 7. The number of nitrogens with one attached hydrogen (secondary N) is 5. The van der Waals surface area contributed by atoms with Gasteiger partial charge in [0.25, 0.3) is 11.8 Å². The SMILES string of the molecule is CC(C)CNC(=O)CNC(=O)CNC(=O)CNC(=O)CNC(=O)CCCCCN1C(=O)C=CC1=O. The number of rotatable bonds is 16. The lowest BCUT2D eigenvalue weighted by Gasteiger charge is -2.13. The Morgan fingerprint density at radius 3 is 1.54 bits per heavy atom. The number of unbranched alkanes of at least 4 members (excludes halogenated alkanes) is 2. The minimum absolute atomic E-state index is 0.179. The van der Waals surface area contributed by atoms with Crippen LogP contribution in [0.15, 0.2) is 12.2 Å². The fourth-order valence-corrected chi connectivity index (χ4v) is 2.76. The molecule has 13 heteroatoms. The first-order valence-corrected chi connectivity index (χ1v) is 11.5. The Labute approximate surface area is 203 Å². The van der Waals surface area contributed by atoms with Crippen molar-refractivity contribution in [1.29, 1.82) is 0 Å². The van der Waals surface area contributed by atoms with Gasteiger partial charge in [0.2, 0.25) is 29.5 Å². The first kappa shape index (κ1) is 29.3. The van der Waals surface area contributed by atoms with Crippen molar-refractivity contribution in [2.45, 2.75) is 39.5 Å². The molecule has 0 aromatic rings. The molecule has 0 spiro atoms. The number of nitrogens with zero attached hydrogens (tertiary/aromatic N) is 1. The summed E-state index contributed by atoms with van der Waals surface area (Å²) in [5.74, 6) is -2.78. The van der Waals surface area contributed by atoms with Gasteiger partial charge in [-0.2, -0.15) is 0 Å². The van der Waals surface area contributed by atoms with Crippen LogP contribution in [0.3, 0.4) is 0 Å². The third kappa shape index (κ3) is 13.5. The normalized spacial score (nSPS) is 12.5. The monoisotopic (exact) mass is 494 g/mol. The van der Waals surface area contributed by atoms with Crippen molar-refractivity contribution < 1.29 is 33.6 Å². The van der Waals surface area contributed by atoms with Crippen molar-refractivity contribution in [3.8, 4) is 0 Å². The highest BCUT2D eigenvalue weighted by Gasteiger charge is 2.22. The Morgan fingerprint density at radius 1 is 0.657 bits per heavy atom. The first-order chi connectivity index (χ1) is 16.6. The van der Waals surface area contributed by atoms with Crippen molar-refractivity contribution >= 4 is 41.4 Å². The molecule has 0 aliphatic carbocycles. The van der Waals surface area contributed by atoms with Crippen LogP contribution >= 0.6 is 0 Å². The van der Waals surface area contributed by atoms with Gasteiger partial charge in [0, 0.05) is 31.7 Å². The van der Waals surface area contributed by atoms with E-state index in [1.807, 2.05) is 13.8 Å². The third-order valence-electron chi connectivity index (χ3n) is 4.68. The molecule has 0 aromatic carbocycles. The molecular formula is C22H34N6O7. The Bertz CT molecular complexity index is 822. The van der Waals surface area contributed by atoms with Gasteiger partial charge in [0.05, 0.1) is 26.2 Å². The molecule has 5 N–H and O–H groups in total. The summed E-state index contributed by atoms with van der Waals surface area (Å²) in [6, 6.07) is 0. The number of imide groups is 1. The van der Waals surface area contributed by atoms with Crippen molar-refractivity contribution in [2.24, 2.45) is 5.92 Å². The lowest BCUT2D eigenvalue weighted by atomic mass is 10.2. The van der Waals surface area contributed by atoms with Crippen LogP contribution in [0.2, 0.25) is 0 Å². The molecule has 1 heterocycles. The van der Waals surface area contributed by atoms with Crippen LogP contribution in [0, 0.1) is 5.92 Å². The minimum Gasteiger partial charge on any atom is -0.354 e. The van der Waals surface area contributed by atoms with Gasteiger partial charge in [-0.15, -0.1) is 0 Å². The van der Waals surface area contributed by atoms with Crippen molar-refractivity contribution in [3.05, 3.63) is 12.2 Å². The molecule has 1 aliphatic heterocycles. The molecule has 194 valence electrons. The van der Waals surface area contributed by atoms with Crippen LogP contribution in [0.25, 0.3) is 0 Å². The van der Waals surface area contributed by atoms with E-state index in [9.17, 15) is 33.6 Å². The summed E-state index contributed by atoms with van der Waals surface area (Å²) in [6.45, 7) is 3.44. The van der Waals surface area contributed by atoms with Crippen LogP contribution in [-0.2, 0) is 33.6 Å². The van der Waals surface area contributed by atoms with Gasteiger partial charge in [-0.25, -0.2) is 0 Å². The predicted molar refractivity (Wildman–Crippen MR) is 124 cm³/mol. The average Bonchev–Trinajstić information content (AvgIpc) is 3.14. The highest BCUT2D eigenvalue weighted by atomic mass is 16.2. The summed E-state index contributed by atoms with van der Waals surface area (Å²) in [4.78, 5) is 82.4. The summed E-state index contributed by atoms with van der Waals surface area (Å²) in [5, 5.41) is 12.1. The van der Waals surface area contributed by atoms with Gasteiger partial charge >= 0.3 is 0 Å². The van der Waals surface area contributed by atoms with E-state index in [4.69, 9.17) is 0 Å². The van der Waals surface area contributed by atoms with E-state index in [1.165, 1.54) is 12.2 Å². The van der Waals surface area contributed by atoms with Gasteiger partial charge in [0.1, 0.15) is 0 Å². The van der Waals surface area contributed by atoms with Gasteiger partial charge in [-0.05, 0) is 18.8 Å². The zero-order chi connectivity index (χ0) is 26.2. The minimum atomic E-state index is -0.603. The number of amides is 7. The average molecular weight is 495 g/mol. The lowest BCUT2D eigenvalue weighted by molar-refractivity contribution is -0.137. The molecule has 35 heavy (non-hydrogen) atoms. The molecule has 0 aromatic heterocycles. The molecule has 1 aliphatic rings. The van der Waals surface area contributed by atoms with E-state index in [1.54, 1.807) is 0 Å². The lowest BCUT2D eigenvalue weighted by Crippen LogP contribution is -2.45. The van der Waals surface area contributed by atoms with E-state index < -0.39 is 17.7 Å². The first-order valence-electron chi connectivity index (χ1n) is 11.5. The standard InChI is InChI=1S/C22H34N6O7/c1-15(2)10-23-17(30)12-25-19(32)14-27-20(33)13-26-18(31)11-24-16(29)6-4-3-5-9-28-21(34)7-8-22(28)35/h7-8,15H,3-6,9-14H2,1-2H3,(H,23,30)(H,24,29)(H,25,32)(H,26,31)(H,27,33). The molecule has 0 bridgehead atoms. The maximum atomic E-state index is 11.8. The summed E-state index contributed by atoms with van der Waals surface area (Å²) >= 11 is 0. The fraction of sp³-hybridized carbons (Fsp3) is 0.591. The van der Waals surface area contributed by atoms with Crippen LogP contribution in [0.1, 0.15) is 39.5 Å². The van der Waals surface area contributed by atoms with Crippen molar-refractivity contribution in [1.82, 2.24) is 31.5 Å². The van der Waals surface area contributed by atoms with Crippen molar-refractivity contribution in [2.75, 3.05) is 39.3 Å². The Kier molecular flexibility index (Phi) is 13.3. The Morgan fingerprint density at radius 2 is 1.09 bits per heavy atom. The van der Waals surface area contributed by atoms with E-state index >= 15 is 0 Å². The second-order valence-corrected chi connectivity index (χ2v) is 8.28. The molecule has 0 unspecified atom stereocenters. The largest absolute Gasteiger partial charge is 0.354 e. The molecule has 7 amide bonds. The van der Waals surface area contributed by atoms with Crippen LogP contribution in [0.4, 0.5) is 0 Å². The zero-order valence-electron chi connectivity index (χ0n) is 20.1. The highest BCUT2D eigenvalue weighted by Crippen LogP contribution is 2.07. The van der Waals surface area contributed by atoms with Crippen LogP contribution < -0.4 is 26.6 Å². The molecule has 1 rings (SSSR count). The molecule has 0 atom stereocenters. The summed E-state index contributed by atoms with van der Waals surface area (Å²) in [6.07, 6.45) is 4.36. The molecule has 0 saturated heterocycles. The number of hydrogen-bond donors (Lipinski definition) is 5. The van der Waals surface area contributed by atoms with E-state index in [0.717, 1.165) is 4.90 Å². The third-order valence-corrected chi connectivity index (χ3v) is 4.68. The topological polar surface area (TPSA) is 183 Å². The van der Waals surface area contributed by atoms with Gasteiger partial charge in [0.15, 0.2) is 0 Å². The predicted octanol–water partition coefficient (Wildman–Crippen LogP) is -2.29. The van der Waals surface area contributed by atoms with Crippen molar-refractivity contribution in [3.63, 3.8) is 0 Å². The van der Waals surface area contributed by atoms with Crippen LogP contribution in [-0.4, -0.2) is 85.5 Å². The second kappa shape index (κ2) is 16.0. The van der Waals surface area contributed by atoms with Gasteiger partial charge in [-0.1, -0.05) is 20.3 Å². The fourth-order valence-electron chi connectivity index (χ4n) is 2.76. The Balaban J connectivity index is 2.04. The van der Waals surface area contributed by atoms with Crippen LogP contribution in [0.5, 0.6) is 0 Å². The molecule has 0 radical (unpaired) electrons. The van der Waals surface area contributed by atoms with Gasteiger partial charge in [-0.3, -0.25) is 38.5 Å². The van der Waals surface area contributed by atoms with E-state index in [-0.39, 0.29) is 62.1 Å². The molecular weight excluding hydrogens is 460 g/mol. The van der Waals surface area contributed by atoms with E-state index in [2.05, 4.69) is 26.6 Å². The smallest absolute Gasteiger partial charge is 0.253 e. The number of hydrogen-bond acceptors (Lipinski definition) is 7. The summed E-state index contributed by atoms with van der Waals surface area (Å²) in [7, 11) is 0. The van der Waals surface area contributed by atoms with Gasteiger partial charge < -0.3 is 26.6 Å². The maximum absolute atomic E-state index is 11.8. The van der Waals surface area contributed by atoms with E-state index in [0.29, 0.717) is 32.4 Å². The zero-order valence-corrected chi connectivity index (χ0v) is 20.1. The number of carbonyl (C=O) groups is 7. The second-order valence-electron chi connectivity index (χ2n) is 8.28. The quantitative estimate of drug-likeness (QED) is 0.118. The summed E-state index contributed by atoms with van der Waals surface area (Å²) in [5.41, 5.74) is 0. The maximum Gasteiger partial charge on any atom is 0.253 e. The molecule has 13 nitrogen and oxygen atoms in total. The highest BCUT2D eigenvalue weighted by molar-refractivity contribution is 6.12.